The lowest BCUT2D eigenvalue weighted by Crippen LogP contribution is -2.05. The summed E-state index contributed by atoms with van der Waals surface area (Å²) in [6.07, 6.45) is 2.04. The van der Waals surface area contributed by atoms with Crippen molar-refractivity contribution in [3.63, 3.8) is 0 Å². The Balaban J connectivity index is 2.78. The van der Waals surface area contributed by atoms with E-state index in [1.807, 2.05) is 12.1 Å². The molecule has 0 unspecified atom stereocenters. The van der Waals surface area contributed by atoms with Gasteiger partial charge in [-0.2, -0.15) is 10.5 Å². The number of hydrogen-bond donors (Lipinski definition) is 2. The number of carboxylic acid groups (broad SMARTS) is 1. The van der Waals surface area contributed by atoms with Crippen molar-refractivity contribution in [1.29, 1.82) is 10.5 Å². The van der Waals surface area contributed by atoms with Crippen LogP contribution in [0.3, 0.4) is 0 Å². The summed E-state index contributed by atoms with van der Waals surface area (Å²) in [5.74, 6) is -0.929. The first kappa shape index (κ1) is 14.3. The summed E-state index contributed by atoms with van der Waals surface area (Å²) < 4.78 is 0. The number of aliphatic carboxylic acids is 1. The van der Waals surface area contributed by atoms with E-state index >= 15 is 0 Å². The highest BCUT2D eigenvalue weighted by Gasteiger charge is 2.04. The van der Waals surface area contributed by atoms with Crippen molar-refractivity contribution in [2.24, 2.45) is 0 Å². The van der Waals surface area contributed by atoms with Gasteiger partial charge in [-0.1, -0.05) is 13.0 Å². The van der Waals surface area contributed by atoms with Gasteiger partial charge in [0, 0.05) is 17.8 Å². The highest BCUT2D eigenvalue weighted by Crippen LogP contribution is 2.14. The number of rotatable bonds is 5. The first-order valence-electron chi connectivity index (χ1n) is 5.72. The van der Waals surface area contributed by atoms with Gasteiger partial charge in [-0.3, -0.25) is 0 Å². The fourth-order valence-electron chi connectivity index (χ4n) is 1.52. The molecule has 0 heterocycles. The predicted molar refractivity (Wildman–Crippen MR) is 70.4 cm³/mol. The molecule has 0 radical (unpaired) electrons. The molecule has 0 fully saturated rings. The molecule has 0 amide bonds. The van der Waals surface area contributed by atoms with Gasteiger partial charge in [0.05, 0.1) is 11.1 Å². The monoisotopic (exact) mass is 255 g/mol. The minimum absolute atomic E-state index is 0.297. The molecule has 1 rings (SSSR count). The van der Waals surface area contributed by atoms with E-state index in [1.54, 1.807) is 31.2 Å². The molecular weight excluding hydrogens is 242 g/mol. The minimum Gasteiger partial charge on any atom is -0.478 e. The molecule has 0 spiro atoms. The summed E-state index contributed by atoms with van der Waals surface area (Å²) in [6, 6.07) is 8.68. The highest BCUT2D eigenvalue weighted by molar-refractivity contribution is 5.86. The number of nitriles is 2. The average Bonchev–Trinajstić information content (AvgIpc) is 2.42. The molecule has 2 N–H and O–H groups in total. The van der Waals surface area contributed by atoms with E-state index in [0.717, 1.165) is 0 Å². The number of benzene rings is 1. The third-order valence-electron chi connectivity index (χ3n) is 2.57. The fourth-order valence-corrected chi connectivity index (χ4v) is 1.52. The molecule has 0 atom stereocenters. The molecule has 0 bridgehead atoms. The second-order valence-corrected chi connectivity index (χ2v) is 3.75. The first-order valence-corrected chi connectivity index (χ1v) is 5.72. The van der Waals surface area contributed by atoms with Crippen LogP contribution in [-0.2, 0) is 4.79 Å². The van der Waals surface area contributed by atoms with Gasteiger partial charge in [-0.15, -0.1) is 0 Å². The Morgan fingerprint density at radius 1 is 1.37 bits per heavy atom. The van der Waals surface area contributed by atoms with Gasteiger partial charge in [-0.05, 0) is 24.6 Å². The van der Waals surface area contributed by atoms with E-state index in [1.165, 1.54) is 0 Å². The van der Waals surface area contributed by atoms with Gasteiger partial charge in [0.15, 0.2) is 0 Å². The number of hydrogen-bond acceptors (Lipinski definition) is 4. The number of carboxylic acids is 1. The second kappa shape index (κ2) is 6.83. The van der Waals surface area contributed by atoms with Crippen LogP contribution in [-0.4, -0.2) is 17.6 Å². The molecule has 0 aromatic heterocycles. The Morgan fingerprint density at radius 2 is 2.05 bits per heavy atom. The summed E-state index contributed by atoms with van der Waals surface area (Å²) >= 11 is 0. The molecule has 96 valence electrons. The normalized spacial score (nSPS) is 10.4. The lowest BCUT2D eigenvalue weighted by atomic mass is 10.1. The molecule has 19 heavy (non-hydrogen) atoms. The predicted octanol–water partition coefficient (Wildman–Crippen LogP) is 2.26. The van der Waals surface area contributed by atoms with Crippen LogP contribution in [0.5, 0.6) is 0 Å². The van der Waals surface area contributed by atoms with Gasteiger partial charge in [-0.25, -0.2) is 4.79 Å². The van der Waals surface area contributed by atoms with Crippen LogP contribution in [0.25, 0.3) is 0 Å². The van der Waals surface area contributed by atoms with Crippen molar-refractivity contribution in [2.45, 2.75) is 13.3 Å². The van der Waals surface area contributed by atoms with Crippen molar-refractivity contribution in [3.05, 3.63) is 41.0 Å². The number of nitrogens with one attached hydrogen (secondary N) is 1. The largest absolute Gasteiger partial charge is 0.478 e. The van der Waals surface area contributed by atoms with Crippen LogP contribution < -0.4 is 5.32 Å². The summed E-state index contributed by atoms with van der Waals surface area (Å²) in [4.78, 5) is 10.8. The zero-order valence-corrected chi connectivity index (χ0v) is 10.5. The van der Waals surface area contributed by atoms with Crippen molar-refractivity contribution in [1.82, 2.24) is 0 Å². The van der Waals surface area contributed by atoms with Crippen LogP contribution in [0.4, 0.5) is 5.69 Å². The Hall–Kier alpha value is -2.79. The van der Waals surface area contributed by atoms with E-state index in [2.05, 4.69) is 5.32 Å². The van der Waals surface area contributed by atoms with Gasteiger partial charge in [0.25, 0.3) is 0 Å². The molecule has 0 aliphatic rings. The Labute approximate surface area is 111 Å². The van der Waals surface area contributed by atoms with Crippen LogP contribution >= 0.6 is 0 Å². The highest BCUT2D eigenvalue weighted by atomic mass is 16.4. The third kappa shape index (κ3) is 3.86. The maximum atomic E-state index is 10.8. The van der Waals surface area contributed by atoms with Crippen molar-refractivity contribution in [2.75, 3.05) is 11.9 Å². The quantitative estimate of drug-likeness (QED) is 0.786. The van der Waals surface area contributed by atoms with Gasteiger partial charge < -0.3 is 10.4 Å². The first-order chi connectivity index (χ1) is 9.12. The van der Waals surface area contributed by atoms with E-state index in [4.69, 9.17) is 15.6 Å². The lowest BCUT2D eigenvalue weighted by molar-refractivity contribution is -0.132. The zero-order valence-electron chi connectivity index (χ0n) is 10.5. The molecule has 0 aliphatic carbocycles. The van der Waals surface area contributed by atoms with Crippen molar-refractivity contribution in [3.8, 4) is 12.1 Å². The zero-order chi connectivity index (χ0) is 14.3. The molecule has 5 nitrogen and oxygen atoms in total. The number of anilines is 1. The minimum atomic E-state index is -0.929. The van der Waals surface area contributed by atoms with Gasteiger partial charge in [0.2, 0.25) is 0 Å². The van der Waals surface area contributed by atoms with Gasteiger partial charge >= 0.3 is 5.97 Å². The van der Waals surface area contributed by atoms with E-state index in [9.17, 15) is 4.79 Å². The van der Waals surface area contributed by atoms with Crippen molar-refractivity contribution >= 4 is 11.7 Å². The Kier molecular flexibility index (Phi) is 5.13. The maximum absolute atomic E-state index is 10.8. The number of nitrogens with zero attached hydrogens (tertiary/aromatic N) is 2. The summed E-state index contributed by atoms with van der Waals surface area (Å²) in [5.41, 5.74) is 1.63. The van der Waals surface area contributed by atoms with Crippen LogP contribution in [0, 0.1) is 22.7 Å². The van der Waals surface area contributed by atoms with Gasteiger partial charge in [0.1, 0.15) is 12.1 Å². The molecule has 1 aromatic carbocycles. The van der Waals surface area contributed by atoms with Crippen LogP contribution in [0.15, 0.2) is 29.8 Å². The standard InChI is InChI=1S/C14H13N3O2/c1-2-10(14(18)19)5-6-17-13-4-3-11(8-15)12(7-13)9-16/h3-5,7,17H,2,6H2,1H3,(H,18,19)/b10-5-. The SMILES string of the molecule is CC/C(=C/CNc1ccc(C#N)c(C#N)c1)C(=O)O. The van der Waals surface area contributed by atoms with Crippen LogP contribution in [0.1, 0.15) is 24.5 Å². The van der Waals surface area contributed by atoms with Crippen LogP contribution in [0.2, 0.25) is 0 Å². The molecule has 0 saturated heterocycles. The van der Waals surface area contributed by atoms with E-state index in [0.29, 0.717) is 35.4 Å². The molecule has 1 aromatic rings. The molecule has 0 saturated carbocycles. The molecular formula is C14H13N3O2. The lowest BCUT2D eigenvalue weighted by Gasteiger charge is -2.05. The summed E-state index contributed by atoms with van der Waals surface area (Å²) in [5, 5.41) is 29.5. The third-order valence-corrected chi connectivity index (χ3v) is 2.57. The summed E-state index contributed by atoms with van der Waals surface area (Å²) in [7, 11) is 0. The fraction of sp³-hybridized carbons (Fsp3) is 0.214. The topological polar surface area (TPSA) is 96.9 Å². The summed E-state index contributed by atoms with van der Waals surface area (Å²) in [6.45, 7) is 2.13. The maximum Gasteiger partial charge on any atom is 0.331 e. The van der Waals surface area contributed by atoms with E-state index in [-0.39, 0.29) is 0 Å². The number of carbonyl (C=O) groups is 1. The average molecular weight is 255 g/mol. The Bertz CT molecular complexity index is 592. The smallest absolute Gasteiger partial charge is 0.331 e. The molecule has 5 heteroatoms. The van der Waals surface area contributed by atoms with Crippen molar-refractivity contribution < 1.29 is 9.90 Å². The second-order valence-electron chi connectivity index (χ2n) is 3.75. The Morgan fingerprint density at radius 3 is 2.58 bits per heavy atom. The van der Waals surface area contributed by atoms with E-state index < -0.39 is 5.97 Å². The molecule has 0 aliphatic heterocycles.